The SMILES string of the molecule is C#Cc1cccc(NC(=O)CNC(=O)CSc2nnc3nc(NCC)nc(NCC)n23)c1. The number of hydrogen-bond acceptors (Lipinski definition) is 9. The van der Waals surface area contributed by atoms with Crippen molar-refractivity contribution in [2.24, 2.45) is 0 Å². The van der Waals surface area contributed by atoms with Crippen LogP contribution in [0.25, 0.3) is 5.78 Å². The van der Waals surface area contributed by atoms with Crippen molar-refractivity contribution < 1.29 is 9.59 Å². The molecule has 2 aromatic heterocycles. The number of fused-ring (bicyclic) bond motifs is 1. The van der Waals surface area contributed by atoms with E-state index in [1.54, 1.807) is 28.7 Å². The van der Waals surface area contributed by atoms with Crippen LogP contribution in [0.1, 0.15) is 19.4 Å². The predicted octanol–water partition coefficient (Wildman–Crippen LogP) is 1.21. The van der Waals surface area contributed by atoms with E-state index < -0.39 is 0 Å². The van der Waals surface area contributed by atoms with E-state index in [-0.39, 0.29) is 24.1 Å². The van der Waals surface area contributed by atoms with E-state index in [9.17, 15) is 9.59 Å². The average molecular weight is 454 g/mol. The van der Waals surface area contributed by atoms with Gasteiger partial charge in [-0.15, -0.1) is 16.6 Å². The lowest BCUT2D eigenvalue weighted by Crippen LogP contribution is -2.33. The highest BCUT2D eigenvalue weighted by Gasteiger charge is 2.16. The van der Waals surface area contributed by atoms with Crippen LogP contribution in [-0.4, -0.2) is 61.8 Å². The largest absolute Gasteiger partial charge is 0.355 e. The van der Waals surface area contributed by atoms with Crippen molar-refractivity contribution in [3.63, 3.8) is 0 Å². The third-order valence-electron chi connectivity index (χ3n) is 4.01. The summed E-state index contributed by atoms with van der Waals surface area (Å²) in [6, 6.07) is 6.90. The van der Waals surface area contributed by atoms with Crippen LogP contribution in [0.5, 0.6) is 0 Å². The quantitative estimate of drug-likeness (QED) is 0.263. The summed E-state index contributed by atoms with van der Waals surface area (Å²) in [5.74, 6) is 3.19. The smallest absolute Gasteiger partial charge is 0.261 e. The first kappa shape index (κ1) is 22.8. The number of rotatable bonds is 10. The lowest BCUT2D eigenvalue weighted by molar-refractivity contribution is -0.122. The Kier molecular flexibility index (Phi) is 7.82. The molecule has 1 aromatic carbocycles. The first-order chi connectivity index (χ1) is 15.5. The standard InChI is InChI=1S/C20H23N9O2S/c1-4-13-8-7-9-14(10-13)24-15(30)11-23-16(31)12-32-20-28-27-19-26-17(21-5-2)25-18(22-6-3)29(19)20/h1,7-10H,5-6,11-12H2,2-3H3,(H,23,31)(H,24,30)(H2,21,22,25,26,27). The van der Waals surface area contributed by atoms with E-state index >= 15 is 0 Å². The molecule has 0 aliphatic rings. The van der Waals surface area contributed by atoms with E-state index in [4.69, 9.17) is 6.42 Å². The molecule has 0 aliphatic heterocycles. The van der Waals surface area contributed by atoms with Crippen LogP contribution in [-0.2, 0) is 9.59 Å². The van der Waals surface area contributed by atoms with Gasteiger partial charge < -0.3 is 21.3 Å². The first-order valence-electron chi connectivity index (χ1n) is 9.91. The molecule has 0 bridgehead atoms. The van der Waals surface area contributed by atoms with Crippen molar-refractivity contribution >= 4 is 46.9 Å². The summed E-state index contributed by atoms with van der Waals surface area (Å²) in [6.07, 6.45) is 5.35. The van der Waals surface area contributed by atoms with Crippen LogP contribution in [0.15, 0.2) is 29.4 Å². The first-order valence-corrected chi connectivity index (χ1v) is 10.9. The Balaban J connectivity index is 1.57. The van der Waals surface area contributed by atoms with Crippen LogP contribution in [0.3, 0.4) is 0 Å². The Bertz CT molecular complexity index is 1160. The van der Waals surface area contributed by atoms with Crippen LogP contribution in [0.2, 0.25) is 0 Å². The second-order valence-electron chi connectivity index (χ2n) is 6.39. The van der Waals surface area contributed by atoms with E-state index in [1.165, 1.54) is 11.8 Å². The lowest BCUT2D eigenvalue weighted by Gasteiger charge is -2.10. The van der Waals surface area contributed by atoms with Crippen molar-refractivity contribution in [3.05, 3.63) is 29.8 Å². The Labute approximate surface area is 189 Å². The average Bonchev–Trinajstić information content (AvgIpc) is 3.20. The number of aromatic nitrogens is 5. The summed E-state index contributed by atoms with van der Waals surface area (Å²) in [4.78, 5) is 33.1. The topological polar surface area (TPSA) is 138 Å². The molecule has 2 amide bonds. The number of terminal acetylenes is 1. The Morgan fingerprint density at radius 2 is 1.94 bits per heavy atom. The molecule has 12 heteroatoms. The van der Waals surface area contributed by atoms with Crippen LogP contribution < -0.4 is 21.3 Å². The summed E-state index contributed by atoms with van der Waals surface area (Å²) >= 11 is 1.17. The van der Waals surface area contributed by atoms with E-state index in [2.05, 4.69) is 47.4 Å². The van der Waals surface area contributed by atoms with Gasteiger partial charge >= 0.3 is 0 Å². The fraction of sp³-hybridized carbons (Fsp3) is 0.300. The number of nitrogens with one attached hydrogen (secondary N) is 4. The van der Waals surface area contributed by atoms with Crippen LogP contribution in [0, 0.1) is 12.3 Å². The van der Waals surface area contributed by atoms with Crippen molar-refractivity contribution in [2.75, 3.05) is 41.3 Å². The summed E-state index contributed by atoms with van der Waals surface area (Å²) in [7, 11) is 0. The molecular weight excluding hydrogens is 430 g/mol. The fourth-order valence-electron chi connectivity index (χ4n) is 2.65. The van der Waals surface area contributed by atoms with Gasteiger partial charge in [0.25, 0.3) is 5.78 Å². The molecule has 0 fully saturated rings. The minimum absolute atomic E-state index is 0.0428. The third kappa shape index (κ3) is 5.86. The molecular formula is C20H23N9O2S. The highest BCUT2D eigenvalue weighted by molar-refractivity contribution is 7.99. The van der Waals surface area contributed by atoms with Gasteiger partial charge in [0.05, 0.1) is 12.3 Å². The maximum absolute atomic E-state index is 12.2. The number of nitrogens with zero attached hydrogens (tertiary/aromatic N) is 5. The zero-order valence-corrected chi connectivity index (χ0v) is 18.5. The molecule has 0 spiro atoms. The molecule has 11 nitrogen and oxygen atoms in total. The molecule has 0 unspecified atom stereocenters. The third-order valence-corrected chi connectivity index (χ3v) is 4.94. The van der Waals surface area contributed by atoms with Gasteiger partial charge in [-0.2, -0.15) is 9.97 Å². The molecule has 0 saturated carbocycles. The maximum Gasteiger partial charge on any atom is 0.261 e. The number of hydrogen-bond donors (Lipinski definition) is 4. The minimum atomic E-state index is -0.357. The number of benzene rings is 1. The second-order valence-corrected chi connectivity index (χ2v) is 7.33. The van der Waals surface area contributed by atoms with Crippen molar-refractivity contribution in [1.29, 1.82) is 0 Å². The molecule has 0 aliphatic carbocycles. The molecule has 3 aromatic rings. The number of amides is 2. The van der Waals surface area contributed by atoms with E-state index in [1.807, 2.05) is 13.8 Å². The number of thioether (sulfide) groups is 1. The van der Waals surface area contributed by atoms with Crippen molar-refractivity contribution in [1.82, 2.24) is 29.9 Å². The Morgan fingerprint density at radius 1 is 1.12 bits per heavy atom. The zero-order chi connectivity index (χ0) is 22.9. The van der Waals surface area contributed by atoms with Gasteiger partial charge in [0.2, 0.25) is 23.7 Å². The number of carbonyl (C=O) groups excluding carboxylic acids is 2. The molecule has 2 heterocycles. The van der Waals surface area contributed by atoms with Crippen molar-refractivity contribution in [3.8, 4) is 12.3 Å². The zero-order valence-electron chi connectivity index (χ0n) is 17.7. The highest BCUT2D eigenvalue weighted by atomic mass is 32.2. The monoisotopic (exact) mass is 453 g/mol. The van der Waals surface area contributed by atoms with Crippen LogP contribution >= 0.6 is 11.8 Å². The van der Waals surface area contributed by atoms with Crippen molar-refractivity contribution in [2.45, 2.75) is 19.0 Å². The summed E-state index contributed by atoms with van der Waals surface area (Å²) < 4.78 is 1.65. The molecule has 0 radical (unpaired) electrons. The molecule has 32 heavy (non-hydrogen) atoms. The van der Waals surface area contributed by atoms with Crippen LogP contribution in [0.4, 0.5) is 17.6 Å². The Hall–Kier alpha value is -3.85. The number of anilines is 3. The predicted molar refractivity (Wildman–Crippen MR) is 124 cm³/mol. The lowest BCUT2D eigenvalue weighted by atomic mass is 10.2. The van der Waals surface area contributed by atoms with Gasteiger partial charge in [0.15, 0.2) is 5.16 Å². The van der Waals surface area contributed by atoms with Gasteiger partial charge in [-0.25, -0.2) is 4.40 Å². The number of carbonyl (C=O) groups is 2. The molecule has 4 N–H and O–H groups in total. The van der Waals surface area contributed by atoms with Gasteiger partial charge in [-0.3, -0.25) is 9.59 Å². The molecule has 3 rings (SSSR count). The summed E-state index contributed by atoms with van der Waals surface area (Å²) in [5, 5.41) is 20.1. The second kappa shape index (κ2) is 11.0. The van der Waals surface area contributed by atoms with Gasteiger partial charge in [-0.1, -0.05) is 23.7 Å². The van der Waals surface area contributed by atoms with Gasteiger partial charge in [0.1, 0.15) is 0 Å². The van der Waals surface area contributed by atoms with E-state index in [0.29, 0.717) is 47.2 Å². The molecule has 0 atom stereocenters. The summed E-state index contributed by atoms with van der Waals surface area (Å²) in [6.45, 7) is 5.02. The molecule has 166 valence electrons. The minimum Gasteiger partial charge on any atom is -0.355 e. The Morgan fingerprint density at radius 3 is 2.69 bits per heavy atom. The fourth-order valence-corrected chi connectivity index (χ4v) is 3.41. The van der Waals surface area contributed by atoms with E-state index in [0.717, 1.165) is 0 Å². The van der Waals surface area contributed by atoms with Gasteiger partial charge in [0, 0.05) is 24.3 Å². The highest BCUT2D eigenvalue weighted by Crippen LogP contribution is 2.20. The normalized spacial score (nSPS) is 10.4. The maximum atomic E-state index is 12.2. The van der Waals surface area contributed by atoms with Gasteiger partial charge in [-0.05, 0) is 32.0 Å². The molecule has 0 saturated heterocycles. The summed E-state index contributed by atoms with van der Waals surface area (Å²) in [5.41, 5.74) is 1.22.